The van der Waals surface area contributed by atoms with Gasteiger partial charge in [-0.3, -0.25) is 4.79 Å². The maximum atomic E-state index is 12.2. The van der Waals surface area contributed by atoms with Gasteiger partial charge in [0.1, 0.15) is 0 Å². The van der Waals surface area contributed by atoms with E-state index < -0.39 is 17.6 Å². The molecule has 6 heteroatoms. The van der Waals surface area contributed by atoms with Gasteiger partial charge in [-0.1, -0.05) is 28.1 Å². The van der Waals surface area contributed by atoms with Gasteiger partial charge in [0.2, 0.25) is 0 Å². The van der Waals surface area contributed by atoms with Crippen molar-refractivity contribution in [1.82, 2.24) is 5.32 Å². The van der Waals surface area contributed by atoms with Crippen molar-refractivity contribution in [2.24, 2.45) is 0 Å². The van der Waals surface area contributed by atoms with Crippen LogP contribution < -0.4 is 5.32 Å². The summed E-state index contributed by atoms with van der Waals surface area (Å²) in [5.41, 5.74) is -0.499. The summed E-state index contributed by atoms with van der Waals surface area (Å²) in [6, 6.07) is 6.77. The number of hydrogen-bond donors (Lipinski definition) is 1. The molecule has 1 aromatic carbocycles. The Bertz CT molecular complexity index is 429. The first-order valence-electron chi connectivity index (χ1n) is 4.78. The summed E-state index contributed by atoms with van der Waals surface area (Å²) in [5, 5.41) is 1.95. The summed E-state index contributed by atoms with van der Waals surface area (Å²) in [7, 11) is 0. The predicted octanol–water partition coefficient (Wildman–Crippen LogP) is 3.36. The van der Waals surface area contributed by atoms with Gasteiger partial charge >= 0.3 is 12.1 Å². The van der Waals surface area contributed by atoms with Crippen LogP contribution in [0.15, 0.2) is 28.7 Å². The van der Waals surface area contributed by atoms with E-state index in [-0.39, 0.29) is 0 Å². The zero-order valence-corrected chi connectivity index (χ0v) is 10.8. The van der Waals surface area contributed by atoms with E-state index in [2.05, 4.69) is 15.9 Å². The number of halogens is 4. The Labute approximate surface area is 105 Å². The van der Waals surface area contributed by atoms with E-state index in [1.54, 1.807) is 24.3 Å². The summed E-state index contributed by atoms with van der Waals surface area (Å²) < 4.78 is 37.2. The molecule has 0 spiro atoms. The third-order valence-electron chi connectivity index (χ3n) is 2.23. The highest BCUT2D eigenvalue weighted by Crippen LogP contribution is 2.25. The smallest absolute Gasteiger partial charge is 0.339 e. The Hall–Kier alpha value is -1.04. The number of carbonyl (C=O) groups is 1. The minimum absolute atomic E-state index is 0.587. The zero-order valence-electron chi connectivity index (χ0n) is 9.23. The Morgan fingerprint density at radius 2 is 1.88 bits per heavy atom. The molecule has 0 saturated carbocycles. The molecule has 1 N–H and O–H groups in total. The molecule has 0 radical (unpaired) electrons. The van der Waals surface area contributed by atoms with Crippen LogP contribution in [-0.2, 0) is 10.3 Å². The lowest BCUT2D eigenvalue weighted by Crippen LogP contribution is -2.47. The summed E-state index contributed by atoms with van der Waals surface area (Å²) >= 11 is 3.23. The van der Waals surface area contributed by atoms with Gasteiger partial charge in [-0.2, -0.15) is 13.2 Å². The van der Waals surface area contributed by atoms with Crippen molar-refractivity contribution in [2.45, 2.75) is 25.6 Å². The van der Waals surface area contributed by atoms with Crippen molar-refractivity contribution in [1.29, 1.82) is 0 Å². The van der Waals surface area contributed by atoms with Crippen LogP contribution in [0.4, 0.5) is 13.2 Å². The van der Waals surface area contributed by atoms with E-state index in [1.807, 2.05) is 5.32 Å². The highest BCUT2D eigenvalue weighted by molar-refractivity contribution is 9.10. The number of amides is 1. The first kappa shape index (κ1) is 14.0. The van der Waals surface area contributed by atoms with Gasteiger partial charge < -0.3 is 5.32 Å². The van der Waals surface area contributed by atoms with Crippen LogP contribution in [0.2, 0.25) is 0 Å². The van der Waals surface area contributed by atoms with Crippen molar-refractivity contribution in [3.63, 3.8) is 0 Å². The number of alkyl halides is 3. The molecule has 0 aromatic heterocycles. The van der Waals surface area contributed by atoms with Crippen LogP contribution in [0.3, 0.4) is 0 Å². The highest BCUT2D eigenvalue weighted by atomic mass is 79.9. The highest BCUT2D eigenvalue weighted by Gasteiger charge is 2.41. The van der Waals surface area contributed by atoms with E-state index in [9.17, 15) is 18.0 Å². The molecule has 0 fully saturated rings. The molecule has 94 valence electrons. The molecule has 0 aliphatic heterocycles. The molecule has 0 unspecified atom stereocenters. The molecule has 1 amide bonds. The number of carbonyl (C=O) groups excluding carboxylic acids is 1. The van der Waals surface area contributed by atoms with Crippen molar-refractivity contribution < 1.29 is 18.0 Å². The van der Waals surface area contributed by atoms with E-state index in [0.717, 1.165) is 4.47 Å². The van der Waals surface area contributed by atoms with Gasteiger partial charge in [0.15, 0.2) is 0 Å². The fourth-order valence-corrected chi connectivity index (χ4v) is 1.70. The monoisotopic (exact) mass is 309 g/mol. The van der Waals surface area contributed by atoms with Crippen LogP contribution in [0.5, 0.6) is 0 Å². The molecule has 0 aliphatic rings. The second kappa shape index (κ2) is 4.68. The second-order valence-corrected chi connectivity index (χ2v) is 5.00. The number of hydrogen-bond acceptors (Lipinski definition) is 1. The number of nitrogens with one attached hydrogen (secondary N) is 1. The number of rotatable bonds is 2. The van der Waals surface area contributed by atoms with E-state index >= 15 is 0 Å². The van der Waals surface area contributed by atoms with Crippen molar-refractivity contribution in [2.75, 3.05) is 0 Å². The average molecular weight is 310 g/mol. The van der Waals surface area contributed by atoms with Gasteiger partial charge in [0.25, 0.3) is 0 Å². The van der Waals surface area contributed by atoms with Crippen LogP contribution in [-0.4, -0.2) is 12.1 Å². The van der Waals surface area contributed by atoms with Crippen LogP contribution >= 0.6 is 15.9 Å². The first-order valence-corrected chi connectivity index (χ1v) is 5.57. The van der Waals surface area contributed by atoms with Gasteiger partial charge in [0.05, 0.1) is 5.54 Å². The number of benzene rings is 1. The second-order valence-electron chi connectivity index (χ2n) is 4.09. The summed E-state index contributed by atoms with van der Waals surface area (Å²) in [5.74, 6) is -1.94. The molecule has 1 aromatic rings. The normalized spacial score (nSPS) is 12.4. The topological polar surface area (TPSA) is 29.1 Å². The third kappa shape index (κ3) is 3.73. The van der Waals surface area contributed by atoms with Crippen molar-refractivity contribution >= 4 is 21.8 Å². The van der Waals surface area contributed by atoms with E-state index in [4.69, 9.17) is 0 Å². The fraction of sp³-hybridized carbons (Fsp3) is 0.364. The standard InChI is InChI=1S/C11H11BrF3NO/c1-10(2,16-9(17)11(13,14)15)7-4-3-5-8(12)6-7/h3-6H,1-2H3,(H,16,17). The van der Waals surface area contributed by atoms with Gasteiger partial charge in [-0.25, -0.2) is 0 Å². The molecular weight excluding hydrogens is 299 g/mol. The summed E-state index contributed by atoms with van der Waals surface area (Å²) in [6.45, 7) is 3.02. The Balaban J connectivity index is 2.93. The minimum Gasteiger partial charge on any atom is -0.339 e. The molecule has 1 rings (SSSR count). The van der Waals surface area contributed by atoms with Crippen molar-refractivity contribution in [3.05, 3.63) is 34.3 Å². The van der Waals surface area contributed by atoms with E-state index in [1.165, 1.54) is 13.8 Å². The van der Waals surface area contributed by atoms with Gasteiger partial charge in [-0.15, -0.1) is 0 Å². The average Bonchev–Trinajstić information content (AvgIpc) is 2.15. The van der Waals surface area contributed by atoms with E-state index in [0.29, 0.717) is 5.56 Å². The Kier molecular flexibility index (Phi) is 3.86. The predicted molar refractivity (Wildman–Crippen MR) is 61.4 cm³/mol. The van der Waals surface area contributed by atoms with Gasteiger partial charge in [-0.05, 0) is 31.5 Å². The molecular formula is C11H11BrF3NO. The summed E-state index contributed by atoms with van der Waals surface area (Å²) in [4.78, 5) is 10.9. The maximum absolute atomic E-state index is 12.2. The lowest BCUT2D eigenvalue weighted by atomic mass is 9.94. The van der Waals surface area contributed by atoms with Crippen molar-refractivity contribution in [3.8, 4) is 0 Å². The van der Waals surface area contributed by atoms with Crippen LogP contribution in [0, 0.1) is 0 Å². The largest absolute Gasteiger partial charge is 0.471 e. The SMILES string of the molecule is CC(C)(NC(=O)C(F)(F)F)c1cccc(Br)c1. The molecule has 2 nitrogen and oxygen atoms in total. The van der Waals surface area contributed by atoms with Crippen LogP contribution in [0.1, 0.15) is 19.4 Å². The summed E-state index contributed by atoms with van der Waals surface area (Å²) in [6.07, 6.45) is -4.87. The van der Waals surface area contributed by atoms with Crippen LogP contribution in [0.25, 0.3) is 0 Å². The zero-order chi connectivity index (χ0) is 13.3. The first-order chi connectivity index (χ1) is 7.63. The molecule has 0 heterocycles. The third-order valence-corrected chi connectivity index (χ3v) is 2.72. The molecule has 17 heavy (non-hydrogen) atoms. The quantitative estimate of drug-likeness (QED) is 0.891. The maximum Gasteiger partial charge on any atom is 0.471 e. The minimum atomic E-state index is -4.87. The Morgan fingerprint density at radius 3 is 2.35 bits per heavy atom. The molecule has 0 saturated heterocycles. The molecule has 0 atom stereocenters. The lowest BCUT2D eigenvalue weighted by Gasteiger charge is -2.27. The molecule has 0 bridgehead atoms. The fourth-order valence-electron chi connectivity index (χ4n) is 1.30. The lowest BCUT2D eigenvalue weighted by molar-refractivity contribution is -0.175. The van der Waals surface area contributed by atoms with Gasteiger partial charge in [0, 0.05) is 4.47 Å². The Morgan fingerprint density at radius 1 is 1.29 bits per heavy atom. The molecule has 0 aliphatic carbocycles.